The van der Waals surface area contributed by atoms with Crippen LogP contribution in [0, 0.1) is 0 Å². The molecule has 0 aliphatic carbocycles. The van der Waals surface area contributed by atoms with Gasteiger partial charge < -0.3 is 5.73 Å². The summed E-state index contributed by atoms with van der Waals surface area (Å²) in [6.45, 7) is 2.63. The van der Waals surface area contributed by atoms with Crippen LogP contribution in [0.1, 0.15) is 16.7 Å². The summed E-state index contributed by atoms with van der Waals surface area (Å²) in [5.41, 5.74) is 7.04. The molecule has 0 radical (unpaired) electrons. The van der Waals surface area contributed by atoms with Gasteiger partial charge >= 0.3 is 0 Å². The lowest BCUT2D eigenvalue weighted by atomic mass is 10.4. The van der Waals surface area contributed by atoms with Gasteiger partial charge in [-0.2, -0.15) is 0 Å². The van der Waals surface area contributed by atoms with Gasteiger partial charge in [0.15, 0.2) is 0 Å². The number of hydrogen-bond donors (Lipinski definition) is 3. The van der Waals surface area contributed by atoms with Gasteiger partial charge in [0.05, 0.1) is 6.54 Å². The van der Waals surface area contributed by atoms with Crippen LogP contribution in [0.5, 0.6) is 0 Å². The Labute approximate surface area is 81.1 Å². The van der Waals surface area contributed by atoms with Gasteiger partial charge in [0.25, 0.3) is 0 Å². The van der Waals surface area contributed by atoms with E-state index in [1.54, 1.807) is 16.8 Å². The average molecular weight is 199 g/mol. The molecular formula is C8H13N3OS. The van der Waals surface area contributed by atoms with Crippen molar-refractivity contribution in [1.29, 1.82) is 0 Å². The number of nitrogens with one attached hydrogen (secondary N) is 1. The molecule has 1 heterocycles. The van der Waals surface area contributed by atoms with Crippen LogP contribution in [0.4, 0.5) is 0 Å². The quantitative estimate of drug-likeness (QED) is 0.388. The molecule has 0 bridgehead atoms. The highest BCUT2D eigenvalue weighted by Crippen LogP contribution is 2.17. The lowest BCUT2D eigenvalue weighted by Gasteiger charge is -1.95. The van der Waals surface area contributed by atoms with Crippen molar-refractivity contribution >= 4 is 17.3 Å². The second-order valence-electron chi connectivity index (χ2n) is 2.53. The average Bonchev–Trinajstić information content (AvgIpc) is 2.61. The SMILES string of the molecule is CCc1ccc(CN=C(N)NO)s1. The Bertz CT molecular complexity index is 295. The second kappa shape index (κ2) is 4.84. The van der Waals surface area contributed by atoms with E-state index in [4.69, 9.17) is 10.9 Å². The number of guanidine groups is 1. The number of aryl methyl sites for hydroxylation is 1. The molecule has 0 unspecified atom stereocenters. The van der Waals surface area contributed by atoms with E-state index < -0.39 is 0 Å². The number of aliphatic imine (C=N–C) groups is 1. The molecule has 0 amide bonds. The molecule has 1 aromatic rings. The van der Waals surface area contributed by atoms with Crippen molar-refractivity contribution in [2.75, 3.05) is 0 Å². The second-order valence-corrected chi connectivity index (χ2v) is 3.79. The van der Waals surface area contributed by atoms with E-state index in [1.807, 2.05) is 6.07 Å². The fourth-order valence-corrected chi connectivity index (χ4v) is 1.78. The van der Waals surface area contributed by atoms with Gasteiger partial charge in [0, 0.05) is 9.75 Å². The third-order valence-corrected chi connectivity index (χ3v) is 2.80. The van der Waals surface area contributed by atoms with Crippen molar-refractivity contribution in [1.82, 2.24) is 5.48 Å². The van der Waals surface area contributed by atoms with E-state index in [1.165, 1.54) is 4.88 Å². The highest BCUT2D eigenvalue weighted by atomic mass is 32.1. The fraction of sp³-hybridized carbons (Fsp3) is 0.375. The smallest absolute Gasteiger partial charge is 0.213 e. The highest BCUT2D eigenvalue weighted by molar-refractivity contribution is 7.11. The summed E-state index contributed by atoms with van der Waals surface area (Å²) in [6.07, 6.45) is 1.04. The topological polar surface area (TPSA) is 70.6 Å². The summed E-state index contributed by atoms with van der Waals surface area (Å²) in [7, 11) is 0. The molecule has 0 atom stereocenters. The molecule has 0 saturated carbocycles. The Morgan fingerprint density at radius 1 is 1.62 bits per heavy atom. The van der Waals surface area contributed by atoms with Crippen LogP contribution in [-0.2, 0) is 13.0 Å². The van der Waals surface area contributed by atoms with Gasteiger partial charge in [-0.25, -0.2) is 10.5 Å². The number of hydroxylamine groups is 1. The van der Waals surface area contributed by atoms with E-state index in [0.29, 0.717) is 6.54 Å². The van der Waals surface area contributed by atoms with Crippen LogP contribution in [0.2, 0.25) is 0 Å². The third-order valence-electron chi connectivity index (χ3n) is 1.59. The lowest BCUT2D eigenvalue weighted by Crippen LogP contribution is -2.28. The fourth-order valence-electron chi connectivity index (χ4n) is 0.896. The molecular weight excluding hydrogens is 186 g/mol. The number of rotatable bonds is 3. The van der Waals surface area contributed by atoms with Crippen molar-refractivity contribution in [2.24, 2.45) is 10.7 Å². The van der Waals surface area contributed by atoms with Gasteiger partial charge in [0.2, 0.25) is 5.96 Å². The Balaban J connectivity index is 2.54. The van der Waals surface area contributed by atoms with Crippen LogP contribution in [0.25, 0.3) is 0 Å². The molecule has 4 nitrogen and oxygen atoms in total. The minimum absolute atomic E-state index is 0.0476. The van der Waals surface area contributed by atoms with Crippen molar-refractivity contribution in [2.45, 2.75) is 19.9 Å². The van der Waals surface area contributed by atoms with E-state index in [0.717, 1.165) is 11.3 Å². The van der Waals surface area contributed by atoms with Gasteiger partial charge in [-0.3, -0.25) is 5.21 Å². The first kappa shape index (κ1) is 10.0. The van der Waals surface area contributed by atoms with Gasteiger partial charge in [-0.05, 0) is 18.6 Å². The maximum atomic E-state index is 8.36. The first-order valence-corrected chi connectivity index (χ1v) is 4.85. The maximum Gasteiger partial charge on any atom is 0.213 e. The minimum atomic E-state index is 0.0476. The predicted octanol–water partition coefficient (Wildman–Crippen LogP) is 1.10. The van der Waals surface area contributed by atoms with Crippen LogP contribution in [-0.4, -0.2) is 11.2 Å². The Hall–Kier alpha value is -1.07. The molecule has 13 heavy (non-hydrogen) atoms. The third kappa shape index (κ3) is 3.04. The maximum absolute atomic E-state index is 8.36. The minimum Gasteiger partial charge on any atom is -0.368 e. The number of hydrogen-bond acceptors (Lipinski definition) is 3. The first-order chi connectivity index (χ1) is 6.26. The summed E-state index contributed by atoms with van der Waals surface area (Å²) >= 11 is 1.71. The van der Waals surface area contributed by atoms with Crippen molar-refractivity contribution in [3.05, 3.63) is 21.9 Å². The molecule has 0 spiro atoms. The van der Waals surface area contributed by atoms with Crippen LogP contribution in [0.3, 0.4) is 0 Å². The monoisotopic (exact) mass is 199 g/mol. The zero-order valence-corrected chi connectivity index (χ0v) is 8.27. The van der Waals surface area contributed by atoms with Crippen molar-refractivity contribution in [3.63, 3.8) is 0 Å². The molecule has 1 aromatic heterocycles. The molecule has 0 aliphatic rings. The molecule has 72 valence electrons. The van der Waals surface area contributed by atoms with E-state index >= 15 is 0 Å². The zero-order valence-electron chi connectivity index (χ0n) is 7.45. The van der Waals surface area contributed by atoms with Gasteiger partial charge in [-0.15, -0.1) is 11.3 Å². The molecule has 0 aromatic carbocycles. The first-order valence-electron chi connectivity index (χ1n) is 4.04. The summed E-state index contributed by atoms with van der Waals surface area (Å²) in [5, 5.41) is 8.36. The molecule has 4 N–H and O–H groups in total. The summed E-state index contributed by atoms with van der Waals surface area (Å²) < 4.78 is 0. The van der Waals surface area contributed by atoms with E-state index in [9.17, 15) is 0 Å². The van der Waals surface area contributed by atoms with Gasteiger partial charge in [-0.1, -0.05) is 6.92 Å². The summed E-state index contributed by atoms with van der Waals surface area (Å²) in [4.78, 5) is 6.39. The van der Waals surface area contributed by atoms with Crippen LogP contribution >= 0.6 is 11.3 Å². The Kier molecular flexibility index (Phi) is 3.72. The summed E-state index contributed by atoms with van der Waals surface area (Å²) in [6, 6.07) is 4.11. The van der Waals surface area contributed by atoms with Crippen molar-refractivity contribution < 1.29 is 5.21 Å². The molecule has 1 rings (SSSR count). The predicted molar refractivity (Wildman–Crippen MR) is 53.9 cm³/mol. The largest absolute Gasteiger partial charge is 0.368 e. The molecule has 0 fully saturated rings. The van der Waals surface area contributed by atoms with Crippen molar-refractivity contribution in [3.8, 4) is 0 Å². The number of thiophene rings is 1. The lowest BCUT2D eigenvalue weighted by molar-refractivity contribution is 0.232. The van der Waals surface area contributed by atoms with Gasteiger partial charge in [0.1, 0.15) is 0 Å². The standard InChI is InChI=1S/C8H13N3OS/c1-2-6-3-4-7(13-6)5-10-8(9)11-12/h3-4,12H,2,5H2,1H3,(H3,9,10,11). The molecule has 0 aliphatic heterocycles. The van der Waals surface area contributed by atoms with Crippen LogP contribution in [0.15, 0.2) is 17.1 Å². The number of nitrogens with two attached hydrogens (primary N) is 1. The molecule has 0 saturated heterocycles. The van der Waals surface area contributed by atoms with E-state index in [2.05, 4.69) is 18.0 Å². The zero-order chi connectivity index (χ0) is 9.68. The van der Waals surface area contributed by atoms with Crippen LogP contribution < -0.4 is 11.2 Å². The van der Waals surface area contributed by atoms with E-state index in [-0.39, 0.29) is 5.96 Å². The summed E-state index contributed by atoms with van der Waals surface area (Å²) in [5.74, 6) is 0.0476. The highest BCUT2D eigenvalue weighted by Gasteiger charge is 1.97. The Morgan fingerprint density at radius 3 is 2.85 bits per heavy atom. The normalized spacial score (nSPS) is 11.7. The molecule has 5 heteroatoms. The number of nitrogens with zero attached hydrogens (tertiary/aromatic N) is 1. The Morgan fingerprint density at radius 2 is 2.31 bits per heavy atom.